The van der Waals surface area contributed by atoms with Crippen molar-refractivity contribution in [1.29, 1.82) is 0 Å². The average Bonchev–Trinajstić information content (AvgIpc) is 2.79. The molecule has 0 aliphatic carbocycles. The van der Waals surface area contributed by atoms with Crippen LogP contribution in [0.5, 0.6) is 0 Å². The molecule has 0 saturated heterocycles. The first-order valence-electron chi connectivity index (χ1n) is 6.07. The highest BCUT2D eigenvalue weighted by atomic mass is 19.3. The van der Waals surface area contributed by atoms with E-state index >= 15 is 0 Å². The zero-order chi connectivity index (χ0) is 14.9. The molecule has 20 heavy (non-hydrogen) atoms. The summed E-state index contributed by atoms with van der Waals surface area (Å²) in [6, 6.07) is 3.97. The fourth-order valence-corrected chi connectivity index (χ4v) is 2.20. The second-order valence-electron chi connectivity index (χ2n) is 4.60. The van der Waals surface area contributed by atoms with Crippen LogP contribution in [0.2, 0.25) is 0 Å². The number of aromatic carboxylic acids is 1. The van der Waals surface area contributed by atoms with Crippen LogP contribution in [0.15, 0.2) is 18.2 Å². The van der Waals surface area contributed by atoms with E-state index in [1.165, 1.54) is 24.1 Å². The first-order chi connectivity index (χ1) is 9.40. The molecule has 1 N–H and O–H groups in total. The normalized spacial score (nSPS) is 13.5. The van der Waals surface area contributed by atoms with Gasteiger partial charge in [-0.1, -0.05) is 6.07 Å². The van der Waals surface area contributed by atoms with Crippen LogP contribution >= 0.6 is 0 Å². The topological polar surface area (TPSA) is 60.9 Å². The van der Waals surface area contributed by atoms with Crippen LogP contribution in [0.1, 0.15) is 15.9 Å². The predicted octanol–water partition coefficient (Wildman–Crippen LogP) is 2.06. The molecule has 2 amide bonds. The number of carboxylic acids is 1. The van der Waals surface area contributed by atoms with Gasteiger partial charge in [0.15, 0.2) is 0 Å². The van der Waals surface area contributed by atoms with E-state index in [0.29, 0.717) is 18.7 Å². The van der Waals surface area contributed by atoms with Crippen molar-refractivity contribution in [2.75, 3.05) is 25.0 Å². The fraction of sp³-hybridized carbons (Fsp3) is 0.385. The maximum absolute atomic E-state index is 12.3. The SMILES string of the molecule is CN(CC(F)F)C(=O)N1CCc2ccc(C(=O)O)cc21. The highest BCUT2D eigenvalue weighted by Crippen LogP contribution is 2.30. The molecule has 0 aromatic heterocycles. The predicted molar refractivity (Wildman–Crippen MR) is 68.5 cm³/mol. The minimum absolute atomic E-state index is 0.0694. The number of rotatable bonds is 3. The molecule has 1 aromatic rings. The van der Waals surface area contributed by atoms with Crippen molar-refractivity contribution >= 4 is 17.7 Å². The minimum Gasteiger partial charge on any atom is -0.478 e. The van der Waals surface area contributed by atoms with Gasteiger partial charge in [0.1, 0.15) is 0 Å². The van der Waals surface area contributed by atoms with Crippen LogP contribution in [-0.4, -0.2) is 48.6 Å². The van der Waals surface area contributed by atoms with Gasteiger partial charge < -0.3 is 10.0 Å². The van der Waals surface area contributed by atoms with E-state index in [1.54, 1.807) is 6.07 Å². The molecule has 0 radical (unpaired) electrons. The largest absolute Gasteiger partial charge is 0.478 e. The number of hydrogen-bond donors (Lipinski definition) is 1. The number of halogens is 2. The van der Waals surface area contributed by atoms with Crippen LogP contribution in [0.3, 0.4) is 0 Å². The zero-order valence-corrected chi connectivity index (χ0v) is 10.8. The second-order valence-corrected chi connectivity index (χ2v) is 4.60. The smallest absolute Gasteiger partial charge is 0.335 e. The van der Waals surface area contributed by atoms with E-state index in [0.717, 1.165) is 10.5 Å². The summed E-state index contributed by atoms with van der Waals surface area (Å²) in [5.74, 6) is -1.09. The van der Waals surface area contributed by atoms with E-state index in [-0.39, 0.29) is 5.56 Å². The van der Waals surface area contributed by atoms with Crippen molar-refractivity contribution in [3.8, 4) is 0 Å². The summed E-state index contributed by atoms with van der Waals surface area (Å²) >= 11 is 0. The molecule has 0 atom stereocenters. The summed E-state index contributed by atoms with van der Waals surface area (Å²) in [6.45, 7) is -0.284. The zero-order valence-electron chi connectivity index (χ0n) is 10.8. The van der Waals surface area contributed by atoms with Crippen molar-refractivity contribution in [3.63, 3.8) is 0 Å². The molecule has 1 aliphatic rings. The van der Waals surface area contributed by atoms with Gasteiger partial charge in [-0.25, -0.2) is 18.4 Å². The van der Waals surface area contributed by atoms with Gasteiger partial charge in [0.25, 0.3) is 6.43 Å². The molecule has 0 unspecified atom stereocenters. The van der Waals surface area contributed by atoms with Gasteiger partial charge in [-0.05, 0) is 24.1 Å². The third kappa shape index (κ3) is 2.71. The van der Waals surface area contributed by atoms with E-state index in [9.17, 15) is 18.4 Å². The Morgan fingerprint density at radius 3 is 2.75 bits per heavy atom. The number of urea groups is 1. The number of carbonyl (C=O) groups is 2. The maximum atomic E-state index is 12.3. The lowest BCUT2D eigenvalue weighted by Crippen LogP contribution is -2.42. The fourth-order valence-electron chi connectivity index (χ4n) is 2.20. The lowest BCUT2D eigenvalue weighted by Gasteiger charge is -2.25. The van der Waals surface area contributed by atoms with Gasteiger partial charge in [0.05, 0.1) is 12.1 Å². The van der Waals surface area contributed by atoms with Crippen molar-refractivity contribution in [3.05, 3.63) is 29.3 Å². The van der Waals surface area contributed by atoms with Crippen molar-refractivity contribution in [1.82, 2.24) is 4.90 Å². The minimum atomic E-state index is -2.60. The van der Waals surface area contributed by atoms with Gasteiger partial charge in [0.2, 0.25) is 0 Å². The molecule has 0 fully saturated rings. The Labute approximate surface area is 114 Å². The number of benzene rings is 1. The Balaban J connectivity index is 2.24. The molecule has 2 rings (SSSR count). The lowest BCUT2D eigenvalue weighted by molar-refractivity contribution is 0.0697. The van der Waals surface area contributed by atoms with Gasteiger partial charge in [0, 0.05) is 19.3 Å². The Morgan fingerprint density at radius 2 is 2.15 bits per heavy atom. The lowest BCUT2D eigenvalue weighted by atomic mass is 10.1. The van der Waals surface area contributed by atoms with Crippen LogP contribution in [0.4, 0.5) is 19.3 Å². The number of hydrogen-bond acceptors (Lipinski definition) is 2. The molecule has 5 nitrogen and oxygen atoms in total. The maximum Gasteiger partial charge on any atom is 0.335 e. The highest BCUT2D eigenvalue weighted by Gasteiger charge is 2.28. The van der Waals surface area contributed by atoms with Crippen LogP contribution in [0.25, 0.3) is 0 Å². The number of nitrogens with zero attached hydrogens (tertiary/aromatic N) is 2. The number of anilines is 1. The van der Waals surface area contributed by atoms with E-state index in [4.69, 9.17) is 5.11 Å². The molecule has 0 spiro atoms. The van der Waals surface area contributed by atoms with Crippen LogP contribution in [0, 0.1) is 0 Å². The quantitative estimate of drug-likeness (QED) is 0.924. The molecule has 1 aliphatic heterocycles. The third-order valence-electron chi connectivity index (χ3n) is 3.20. The summed E-state index contributed by atoms with van der Waals surface area (Å²) in [5, 5.41) is 8.96. The van der Waals surface area contributed by atoms with Crippen LogP contribution in [-0.2, 0) is 6.42 Å². The molecule has 0 bridgehead atoms. The molecule has 1 aromatic carbocycles. The summed E-state index contributed by atoms with van der Waals surface area (Å²) in [6.07, 6.45) is -2.01. The first-order valence-corrected chi connectivity index (χ1v) is 6.07. The van der Waals surface area contributed by atoms with E-state index in [2.05, 4.69) is 0 Å². The molecular formula is C13H14F2N2O3. The Bertz CT molecular complexity index is 548. The van der Waals surface area contributed by atoms with Gasteiger partial charge in [-0.3, -0.25) is 4.90 Å². The molecular weight excluding hydrogens is 270 g/mol. The molecule has 7 heteroatoms. The van der Waals surface area contributed by atoms with E-state index < -0.39 is 25.0 Å². The Morgan fingerprint density at radius 1 is 1.45 bits per heavy atom. The van der Waals surface area contributed by atoms with Crippen molar-refractivity contribution in [2.24, 2.45) is 0 Å². The summed E-state index contributed by atoms with van der Waals surface area (Å²) in [7, 11) is 1.30. The molecule has 0 saturated carbocycles. The number of fused-ring (bicyclic) bond motifs is 1. The van der Waals surface area contributed by atoms with Crippen LogP contribution < -0.4 is 4.90 Å². The number of carboxylic acid groups (broad SMARTS) is 1. The highest BCUT2D eigenvalue weighted by molar-refractivity contribution is 5.96. The van der Waals surface area contributed by atoms with Crippen molar-refractivity contribution < 1.29 is 23.5 Å². The summed E-state index contributed by atoms with van der Waals surface area (Å²) in [5.41, 5.74) is 1.39. The van der Waals surface area contributed by atoms with Gasteiger partial charge >= 0.3 is 12.0 Å². The molecule has 108 valence electrons. The Hall–Kier alpha value is -2.18. The third-order valence-corrected chi connectivity index (χ3v) is 3.20. The van der Waals surface area contributed by atoms with Gasteiger partial charge in [-0.2, -0.15) is 0 Å². The monoisotopic (exact) mass is 284 g/mol. The average molecular weight is 284 g/mol. The summed E-state index contributed by atoms with van der Waals surface area (Å²) < 4.78 is 24.6. The number of alkyl halides is 2. The molecule has 1 heterocycles. The Kier molecular flexibility index (Phi) is 3.87. The van der Waals surface area contributed by atoms with Gasteiger partial charge in [-0.15, -0.1) is 0 Å². The van der Waals surface area contributed by atoms with E-state index in [1.807, 2.05) is 0 Å². The number of carbonyl (C=O) groups excluding carboxylic acids is 1. The van der Waals surface area contributed by atoms with Crippen molar-refractivity contribution in [2.45, 2.75) is 12.8 Å². The first kappa shape index (κ1) is 14.2. The standard InChI is InChI=1S/C13H14F2N2O3/c1-16(7-11(14)15)13(20)17-5-4-8-2-3-9(12(18)19)6-10(8)17/h2-3,6,11H,4-5,7H2,1H3,(H,18,19). The second kappa shape index (κ2) is 5.44. The number of amides is 2. The summed E-state index contributed by atoms with van der Waals surface area (Å²) in [4.78, 5) is 25.3.